The Morgan fingerprint density at radius 3 is 2.56 bits per heavy atom. The van der Waals surface area contributed by atoms with E-state index in [1.807, 2.05) is 0 Å². The van der Waals surface area contributed by atoms with Crippen molar-refractivity contribution in [3.8, 4) is 0 Å². The Morgan fingerprint density at radius 2 is 2.00 bits per heavy atom. The molecule has 0 radical (unpaired) electrons. The molecule has 0 aromatic rings. The zero-order valence-electron chi connectivity index (χ0n) is 12.1. The van der Waals surface area contributed by atoms with Crippen molar-refractivity contribution in [3.05, 3.63) is 0 Å². The van der Waals surface area contributed by atoms with Crippen LogP contribution in [0.2, 0.25) is 0 Å². The van der Waals surface area contributed by atoms with E-state index in [-0.39, 0.29) is 0 Å². The third-order valence-corrected chi connectivity index (χ3v) is 5.64. The van der Waals surface area contributed by atoms with Crippen LogP contribution in [0.5, 0.6) is 0 Å². The van der Waals surface area contributed by atoms with E-state index in [0.29, 0.717) is 5.54 Å². The smallest absolute Gasteiger partial charge is 0.0470 e. The maximum atomic E-state index is 6.18. The van der Waals surface area contributed by atoms with E-state index in [1.165, 1.54) is 51.9 Å². The van der Waals surface area contributed by atoms with Gasteiger partial charge in [-0.25, -0.2) is 0 Å². The van der Waals surface area contributed by atoms with Crippen LogP contribution in [-0.2, 0) is 0 Å². The van der Waals surface area contributed by atoms with Crippen molar-refractivity contribution in [2.45, 2.75) is 51.1 Å². The first kappa shape index (κ1) is 12.9. The Labute approximate surface area is 112 Å². The molecule has 1 aliphatic carbocycles. The monoisotopic (exact) mass is 251 g/mol. The zero-order valence-corrected chi connectivity index (χ0v) is 12.1. The van der Waals surface area contributed by atoms with Crippen LogP contribution in [0.1, 0.15) is 39.5 Å². The summed E-state index contributed by atoms with van der Waals surface area (Å²) in [6.45, 7) is 10.7. The Balaban J connectivity index is 1.65. The molecule has 3 heteroatoms. The van der Waals surface area contributed by atoms with Gasteiger partial charge in [-0.05, 0) is 44.1 Å². The summed E-state index contributed by atoms with van der Waals surface area (Å²) in [5.41, 5.74) is 6.50. The number of rotatable bonds is 4. The molecule has 0 spiro atoms. The summed E-state index contributed by atoms with van der Waals surface area (Å²) in [6.07, 6.45) is 5.53. The largest absolute Gasteiger partial charge is 0.329 e. The molecule has 2 heterocycles. The number of hydrogen-bond donors (Lipinski definition) is 1. The predicted molar refractivity (Wildman–Crippen MR) is 75.5 cm³/mol. The molecule has 3 rings (SSSR count). The van der Waals surface area contributed by atoms with Gasteiger partial charge in [-0.15, -0.1) is 0 Å². The van der Waals surface area contributed by atoms with Crippen LogP contribution in [0.4, 0.5) is 0 Å². The molecule has 0 aromatic carbocycles. The molecular formula is C15H29N3. The molecule has 2 atom stereocenters. The van der Waals surface area contributed by atoms with Crippen LogP contribution >= 0.6 is 0 Å². The van der Waals surface area contributed by atoms with E-state index in [4.69, 9.17) is 5.73 Å². The molecule has 2 N–H and O–H groups in total. The third kappa shape index (κ3) is 2.21. The van der Waals surface area contributed by atoms with Crippen LogP contribution in [0.15, 0.2) is 0 Å². The van der Waals surface area contributed by atoms with E-state index in [1.54, 1.807) is 0 Å². The summed E-state index contributed by atoms with van der Waals surface area (Å²) in [4.78, 5) is 5.44. The summed E-state index contributed by atoms with van der Waals surface area (Å²) in [6, 6.07) is 0.905. The summed E-state index contributed by atoms with van der Waals surface area (Å²) < 4.78 is 0. The molecule has 3 aliphatic rings. The fraction of sp³-hybridized carbons (Fsp3) is 1.00. The molecule has 104 valence electrons. The Morgan fingerprint density at radius 1 is 1.22 bits per heavy atom. The van der Waals surface area contributed by atoms with E-state index in [9.17, 15) is 0 Å². The quantitative estimate of drug-likeness (QED) is 0.822. The van der Waals surface area contributed by atoms with Gasteiger partial charge in [-0.3, -0.25) is 9.80 Å². The summed E-state index contributed by atoms with van der Waals surface area (Å²) in [5.74, 6) is 1.72. The Bertz CT molecular complexity index is 300. The summed E-state index contributed by atoms with van der Waals surface area (Å²) in [7, 11) is 0. The zero-order chi connectivity index (χ0) is 12.8. The van der Waals surface area contributed by atoms with Gasteiger partial charge in [0, 0.05) is 37.8 Å². The van der Waals surface area contributed by atoms with Gasteiger partial charge in [0.1, 0.15) is 0 Å². The van der Waals surface area contributed by atoms with Gasteiger partial charge in [0.2, 0.25) is 0 Å². The van der Waals surface area contributed by atoms with Crippen LogP contribution in [0.3, 0.4) is 0 Å². The minimum Gasteiger partial charge on any atom is -0.329 e. The molecule has 2 saturated heterocycles. The van der Waals surface area contributed by atoms with E-state index >= 15 is 0 Å². The van der Waals surface area contributed by atoms with Gasteiger partial charge in [0.15, 0.2) is 0 Å². The topological polar surface area (TPSA) is 32.5 Å². The van der Waals surface area contributed by atoms with Gasteiger partial charge < -0.3 is 5.73 Å². The number of nitrogens with two attached hydrogens (primary N) is 1. The average molecular weight is 251 g/mol. The van der Waals surface area contributed by atoms with Crippen LogP contribution < -0.4 is 5.73 Å². The van der Waals surface area contributed by atoms with Crippen LogP contribution in [0.25, 0.3) is 0 Å². The predicted octanol–water partition coefficient (Wildman–Crippen LogP) is 1.53. The van der Waals surface area contributed by atoms with Gasteiger partial charge in [-0.1, -0.05) is 13.8 Å². The van der Waals surface area contributed by atoms with Gasteiger partial charge >= 0.3 is 0 Å². The lowest BCUT2D eigenvalue weighted by molar-refractivity contribution is 0.118. The highest BCUT2D eigenvalue weighted by atomic mass is 15.3. The highest BCUT2D eigenvalue weighted by Crippen LogP contribution is 2.38. The van der Waals surface area contributed by atoms with Gasteiger partial charge in [0.05, 0.1) is 0 Å². The van der Waals surface area contributed by atoms with E-state index in [2.05, 4.69) is 23.6 Å². The van der Waals surface area contributed by atoms with Crippen molar-refractivity contribution >= 4 is 0 Å². The second kappa shape index (κ2) is 4.77. The number of nitrogens with zero attached hydrogens (tertiary/aromatic N) is 2. The first-order valence-corrected chi connectivity index (χ1v) is 7.84. The normalized spacial score (nSPS) is 39.0. The molecule has 0 bridgehead atoms. The summed E-state index contributed by atoms with van der Waals surface area (Å²) in [5, 5.41) is 0. The number of likely N-dealkylation sites (tertiary alicyclic amines) is 2. The second-order valence-corrected chi connectivity index (χ2v) is 7.12. The lowest BCUT2D eigenvalue weighted by atomic mass is 9.94. The first-order chi connectivity index (χ1) is 8.64. The van der Waals surface area contributed by atoms with Crippen molar-refractivity contribution in [3.63, 3.8) is 0 Å². The molecular weight excluding hydrogens is 222 g/mol. The van der Waals surface area contributed by atoms with E-state index < -0.39 is 0 Å². The average Bonchev–Trinajstić information content (AvgIpc) is 2.94. The van der Waals surface area contributed by atoms with Crippen LogP contribution in [-0.4, -0.2) is 54.1 Å². The van der Waals surface area contributed by atoms with E-state index in [0.717, 1.165) is 24.4 Å². The molecule has 3 nitrogen and oxygen atoms in total. The van der Waals surface area contributed by atoms with Crippen LogP contribution in [0, 0.1) is 11.8 Å². The highest BCUT2D eigenvalue weighted by molar-refractivity contribution is 5.05. The molecule has 18 heavy (non-hydrogen) atoms. The first-order valence-electron chi connectivity index (χ1n) is 7.84. The third-order valence-electron chi connectivity index (χ3n) is 5.64. The summed E-state index contributed by atoms with van der Waals surface area (Å²) >= 11 is 0. The maximum absolute atomic E-state index is 6.18. The fourth-order valence-electron chi connectivity index (χ4n) is 3.96. The molecule has 0 amide bonds. The highest BCUT2D eigenvalue weighted by Gasteiger charge is 2.47. The molecule has 1 saturated carbocycles. The van der Waals surface area contributed by atoms with Crippen molar-refractivity contribution < 1.29 is 0 Å². The standard InChI is InChI=1S/C15H29N3/c1-12(2)13-5-7-18(9-13)15(10-16)6-8-17(11-15)14-3-4-14/h12-14H,3-11,16H2,1-2H3. The minimum absolute atomic E-state index is 0.312. The number of hydrogen-bond acceptors (Lipinski definition) is 3. The molecule has 2 aliphatic heterocycles. The Hall–Kier alpha value is -0.120. The lowest BCUT2D eigenvalue weighted by Crippen LogP contribution is -2.55. The Kier molecular flexibility index (Phi) is 3.41. The fourth-order valence-corrected chi connectivity index (χ4v) is 3.96. The van der Waals surface area contributed by atoms with Crippen molar-refractivity contribution in [2.24, 2.45) is 17.6 Å². The molecule has 2 unspecified atom stereocenters. The SMILES string of the molecule is CC(C)C1CCN(C2(CN)CCN(C3CC3)C2)C1. The maximum Gasteiger partial charge on any atom is 0.0470 e. The van der Waals surface area contributed by atoms with Gasteiger partial charge in [0.25, 0.3) is 0 Å². The van der Waals surface area contributed by atoms with Crippen molar-refractivity contribution in [1.29, 1.82) is 0 Å². The minimum atomic E-state index is 0.312. The van der Waals surface area contributed by atoms with Crippen molar-refractivity contribution in [1.82, 2.24) is 9.80 Å². The lowest BCUT2D eigenvalue weighted by Gasteiger charge is -2.38. The molecule has 3 fully saturated rings. The molecule has 0 aromatic heterocycles. The van der Waals surface area contributed by atoms with Crippen molar-refractivity contribution in [2.75, 3.05) is 32.7 Å². The van der Waals surface area contributed by atoms with Gasteiger partial charge in [-0.2, -0.15) is 0 Å². The second-order valence-electron chi connectivity index (χ2n) is 7.12.